The molecule has 0 spiro atoms. The van der Waals surface area contributed by atoms with Gasteiger partial charge in [-0.05, 0) is 37.6 Å². The minimum absolute atomic E-state index is 0.125. The highest BCUT2D eigenvalue weighted by atomic mass is 32.2. The molecule has 2 heterocycles. The van der Waals surface area contributed by atoms with Crippen LogP contribution in [-0.4, -0.2) is 20.9 Å². The summed E-state index contributed by atoms with van der Waals surface area (Å²) >= 11 is 1.10. The third-order valence-corrected chi connectivity index (χ3v) is 5.12. The summed E-state index contributed by atoms with van der Waals surface area (Å²) in [7, 11) is -3.65. The summed E-state index contributed by atoms with van der Waals surface area (Å²) in [5.41, 5.74) is 0. The van der Waals surface area contributed by atoms with Crippen LogP contribution in [0, 0.1) is 6.92 Å². The fourth-order valence-corrected chi connectivity index (χ4v) is 3.37. The van der Waals surface area contributed by atoms with Crippen molar-refractivity contribution in [3.8, 4) is 0 Å². The fourth-order valence-electron chi connectivity index (χ4n) is 1.59. The molecule has 8 heteroatoms. The first-order valence-electron chi connectivity index (χ1n) is 5.82. The maximum atomic E-state index is 11.7. The second kappa shape index (κ2) is 5.78. The lowest BCUT2D eigenvalue weighted by Gasteiger charge is -2.01. The van der Waals surface area contributed by atoms with Gasteiger partial charge in [0.25, 0.3) is 5.91 Å². The van der Waals surface area contributed by atoms with E-state index in [1.165, 1.54) is 6.07 Å². The zero-order chi connectivity index (χ0) is 14.8. The maximum Gasteiger partial charge on any atom is 0.287 e. The number of thiophene rings is 1. The summed E-state index contributed by atoms with van der Waals surface area (Å²) in [6, 6.07) is 6.47. The van der Waals surface area contributed by atoms with Gasteiger partial charge in [-0.25, -0.2) is 13.6 Å². The molecular formula is C12H14N2O4S2. The summed E-state index contributed by atoms with van der Waals surface area (Å²) in [5.74, 6) is 0.645. The van der Waals surface area contributed by atoms with Gasteiger partial charge in [0.2, 0.25) is 10.0 Å². The molecule has 0 aromatic carbocycles. The van der Waals surface area contributed by atoms with Crippen molar-refractivity contribution in [2.75, 3.05) is 6.54 Å². The molecular weight excluding hydrogens is 300 g/mol. The van der Waals surface area contributed by atoms with Crippen LogP contribution in [0.4, 0.5) is 0 Å². The van der Waals surface area contributed by atoms with Crippen molar-refractivity contribution < 1.29 is 17.6 Å². The van der Waals surface area contributed by atoms with E-state index in [-0.39, 0.29) is 15.9 Å². The van der Waals surface area contributed by atoms with Crippen LogP contribution in [0.15, 0.2) is 32.9 Å². The van der Waals surface area contributed by atoms with Crippen LogP contribution in [0.5, 0.6) is 0 Å². The smallest absolute Gasteiger partial charge is 0.287 e. The van der Waals surface area contributed by atoms with E-state index >= 15 is 0 Å². The molecule has 2 rings (SSSR count). The molecule has 3 N–H and O–H groups in total. The molecule has 2 aromatic heterocycles. The summed E-state index contributed by atoms with van der Waals surface area (Å²) in [4.78, 5) is 12.5. The normalized spacial score (nSPS) is 11.5. The first-order chi connectivity index (χ1) is 9.36. The molecule has 20 heavy (non-hydrogen) atoms. The quantitative estimate of drug-likeness (QED) is 0.867. The minimum Gasteiger partial charge on any atom is -0.456 e. The molecule has 0 saturated carbocycles. The molecule has 2 aromatic rings. The van der Waals surface area contributed by atoms with Gasteiger partial charge in [-0.15, -0.1) is 11.3 Å². The van der Waals surface area contributed by atoms with Crippen LogP contribution >= 0.6 is 11.3 Å². The van der Waals surface area contributed by atoms with Crippen molar-refractivity contribution in [1.82, 2.24) is 5.32 Å². The number of furan rings is 1. The molecule has 0 saturated heterocycles. The van der Waals surface area contributed by atoms with Gasteiger partial charge >= 0.3 is 0 Å². The van der Waals surface area contributed by atoms with Crippen LogP contribution in [-0.2, 0) is 16.4 Å². The highest BCUT2D eigenvalue weighted by Crippen LogP contribution is 2.20. The van der Waals surface area contributed by atoms with Crippen molar-refractivity contribution in [1.29, 1.82) is 0 Å². The largest absolute Gasteiger partial charge is 0.456 e. The van der Waals surface area contributed by atoms with Gasteiger partial charge in [-0.3, -0.25) is 4.79 Å². The Morgan fingerprint density at radius 3 is 2.65 bits per heavy atom. The molecule has 0 aliphatic rings. The van der Waals surface area contributed by atoms with E-state index in [0.29, 0.717) is 18.7 Å². The zero-order valence-electron chi connectivity index (χ0n) is 10.8. The molecule has 0 aliphatic heterocycles. The molecule has 108 valence electrons. The first kappa shape index (κ1) is 14.8. The number of aryl methyl sites for hydroxylation is 1. The molecule has 0 aliphatic carbocycles. The number of hydrogen-bond acceptors (Lipinski definition) is 5. The molecule has 1 amide bonds. The lowest BCUT2D eigenvalue weighted by Crippen LogP contribution is -2.25. The Kier molecular flexibility index (Phi) is 4.26. The number of primary sulfonamides is 1. The third kappa shape index (κ3) is 3.69. The highest BCUT2D eigenvalue weighted by Gasteiger charge is 2.12. The average Bonchev–Trinajstić information content (AvgIpc) is 2.97. The topological polar surface area (TPSA) is 102 Å². The molecule has 0 radical (unpaired) electrons. The number of hydrogen-bond donors (Lipinski definition) is 2. The van der Waals surface area contributed by atoms with Gasteiger partial charge in [-0.1, -0.05) is 0 Å². The molecule has 0 fully saturated rings. The number of rotatable bonds is 5. The average molecular weight is 314 g/mol. The minimum atomic E-state index is -3.65. The zero-order valence-corrected chi connectivity index (χ0v) is 12.4. The van der Waals surface area contributed by atoms with E-state index in [0.717, 1.165) is 16.2 Å². The van der Waals surface area contributed by atoms with Crippen molar-refractivity contribution in [3.63, 3.8) is 0 Å². The Balaban J connectivity index is 1.87. The van der Waals surface area contributed by atoms with Gasteiger partial charge in [0.05, 0.1) is 0 Å². The van der Waals surface area contributed by atoms with Gasteiger partial charge in [0, 0.05) is 11.4 Å². The van der Waals surface area contributed by atoms with Crippen molar-refractivity contribution in [3.05, 3.63) is 40.7 Å². The Hall–Kier alpha value is -1.64. The second-order valence-electron chi connectivity index (χ2n) is 4.18. The van der Waals surface area contributed by atoms with E-state index in [4.69, 9.17) is 9.56 Å². The Morgan fingerprint density at radius 2 is 2.10 bits per heavy atom. The van der Waals surface area contributed by atoms with Crippen LogP contribution < -0.4 is 10.5 Å². The van der Waals surface area contributed by atoms with E-state index in [9.17, 15) is 13.2 Å². The van der Waals surface area contributed by atoms with Crippen LogP contribution in [0.2, 0.25) is 0 Å². The van der Waals surface area contributed by atoms with Crippen LogP contribution in [0.1, 0.15) is 21.2 Å². The predicted octanol–water partition coefficient (Wildman–Crippen LogP) is 1.27. The summed E-state index contributed by atoms with van der Waals surface area (Å²) < 4.78 is 27.6. The third-order valence-electron chi connectivity index (χ3n) is 2.54. The number of amides is 1. The SMILES string of the molecule is Cc1ccc(C(=O)NCCc2ccc(S(N)(=O)=O)s2)o1. The number of sulfonamides is 1. The van der Waals surface area contributed by atoms with Crippen molar-refractivity contribution >= 4 is 27.3 Å². The Labute approximate surface area is 120 Å². The van der Waals surface area contributed by atoms with Gasteiger partial charge in [0.15, 0.2) is 5.76 Å². The van der Waals surface area contributed by atoms with Crippen molar-refractivity contribution in [2.24, 2.45) is 5.14 Å². The molecule has 0 bridgehead atoms. The summed E-state index contributed by atoms with van der Waals surface area (Å²) in [6.45, 7) is 2.15. The van der Waals surface area contributed by atoms with Crippen LogP contribution in [0.25, 0.3) is 0 Å². The Bertz CT molecular complexity index is 715. The van der Waals surface area contributed by atoms with Crippen molar-refractivity contribution in [2.45, 2.75) is 17.6 Å². The van der Waals surface area contributed by atoms with Gasteiger partial charge in [-0.2, -0.15) is 0 Å². The molecule has 0 atom stereocenters. The van der Waals surface area contributed by atoms with Gasteiger partial charge in [0.1, 0.15) is 9.97 Å². The number of nitrogens with two attached hydrogens (primary N) is 1. The fraction of sp³-hybridized carbons (Fsp3) is 0.250. The standard InChI is InChI=1S/C12H14N2O4S2/c1-8-2-4-10(18-8)12(15)14-7-6-9-3-5-11(19-9)20(13,16)17/h2-5H,6-7H2,1H3,(H,14,15)(H2,13,16,17). The lowest BCUT2D eigenvalue weighted by atomic mass is 10.3. The number of nitrogens with one attached hydrogen (secondary N) is 1. The summed E-state index contributed by atoms with van der Waals surface area (Å²) in [5, 5.41) is 7.73. The molecule has 0 unspecified atom stereocenters. The van der Waals surface area contributed by atoms with E-state index < -0.39 is 10.0 Å². The van der Waals surface area contributed by atoms with E-state index in [1.54, 1.807) is 25.1 Å². The maximum absolute atomic E-state index is 11.7. The summed E-state index contributed by atoms with van der Waals surface area (Å²) in [6.07, 6.45) is 0.533. The monoisotopic (exact) mass is 314 g/mol. The molecule has 6 nitrogen and oxygen atoms in total. The lowest BCUT2D eigenvalue weighted by molar-refractivity contribution is 0.0925. The Morgan fingerprint density at radius 1 is 1.35 bits per heavy atom. The number of carbonyl (C=O) groups excluding carboxylic acids is 1. The predicted molar refractivity (Wildman–Crippen MR) is 75.2 cm³/mol. The van der Waals surface area contributed by atoms with Gasteiger partial charge < -0.3 is 9.73 Å². The van der Waals surface area contributed by atoms with E-state index in [1.807, 2.05) is 0 Å². The number of carbonyl (C=O) groups is 1. The van der Waals surface area contributed by atoms with Crippen LogP contribution in [0.3, 0.4) is 0 Å². The first-order valence-corrected chi connectivity index (χ1v) is 8.19. The highest BCUT2D eigenvalue weighted by molar-refractivity contribution is 7.91. The second-order valence-corrected chi connectivity index (χ2v) is 7.14. The van der Waals surface area contributed by atoms with E-state index in [2.05, 4.69) is 5.32 Å².